The van der Waals surface area contributed by atoms with Gasteiger partial charge in [-0.3, -0.25) is 10.0 Å². The van der Waals surface area contributed by atoms with Crippen molar-refractivity contribution in [1.82, 2.24) is 15.4 Å². The number of hydroxylamine groups is 1. The number of carbonyl (C=O) groups is 1. The van der Waals surface area contributed by atoms with Crippen LogP contribution in [0, 0.1) is 0 Å². The average Bonchev–Trinajstić information content (AvgIpc) is 3.28. The maximum Gasteiger partial charge on any atom is 0.416 e. The van der Waals surface area contributed by atoms with Crippen LogP contribution in [-0.4, -0.2) is 46.3 Å². The molecule has 0 aliphatic carbocycles. The summed E-state index contributed by atoms with van der Waals surface area (Å²) in [5, 5.41) is 8.62. The lowest BCUT2D eigenvalue weighted by Crippen LogP contribution is -2.47. The van der Waals surface area contributed by atoms with Gasteiger partial charge in [-0.25, -0.2) is 15.4 Å². The summed E-state index contributed by atoms with van der Waals surface area (Å²) >= 11 is 0. The summed E-state index contributed by atoms with van der Waals surface area (Å²) in [6.45, 7) is 1.31. The van der Waals surface area contributed by atoms with Crippen LogP contribution in [0.3, 0.4) is 0 Å². The summed E-state index contributed by atoms with van der Waals surface area (Å²) in [7, 11) is 0. The van der Waals surface area contributed by atoms with Gasteiger partial charge < -0.3 is 9.80 Å². The molecule has 2 bridgehead atoms. The Morgan fingerprint density at radius 3 is 2.19 bits per heavy atom. The Morgan fingerprint density at radius 2 is 1.67 bits per heavy atom. The van der Waals surface area contributed by atoms with E-state index in [4.69, 9.17) is 5.21 Å². The minimum absolute atomic E-state index is 0.148. The Bertz CT molecular complexity index is 841. The van der Waals surface area contributed by atoms with Crippen LogP contribution in [0.4, 0.5) is 24.8 Å². The average molecular weight is 379 g/mol. The van der Waals surface area contributed by atoms with Crippen molar-refractivity contribution in [3.8, 4) is 0 Å². The van der Waals surface area contributed by atoms with E-state index in [1.165, 1.54) is 30.0 Å². The fourth-order valence-electron chi connectivity index (χ4n) is 3.72. The van der Waals surface area contributed by atoms with Crippen LogP contribution in [-0.2, 0) is 6.18 Å². The minimum atomic E-state index is -4.34. The summed E-state index contributed by atoms with van der Waals surface area (Å²) in [5.41, 5.74) is 1.79. The number of anilines is 2. The smallest absolute Gasteiger partial charge is 0.365 e. The van der Waals surface area contributed by atoms with Gasteiger partial charge in [0.15, 0.2) is 0 Å². The van der Waals surface area contributed by atoms with Crippen molar-refractivity contribution in [3.63, 3.8) is 0 Å². The molecule has 2 fully saturated rings. The molecule has 4 rings (SSSR count). The number of halogens is 3. The normalized spacial score (nSPS) is 21.6. The molecule has 142 valence electrons. The molecule has 1 amide bonds. The predicted octanol–water partition coefficient (Wildman–Crippen LogP) is 2.08. The Morgan fingerprint density at radius 1 is 1.07 bits per heavy atom. The molecule has 27 heavy (non-hydrogen) atoms. The quantitative estimate of drug-likeness (QED) is 0.628. The first-order chi connectivity index (χ1) is 12.9. The van der Waals surface area contributed by atoms with E-state index < -0.39 is 17.6 Å². The third-order valence-corrected chi connectivity index (χ3v) is 5.03. The van der Waals surface area contributed by atoms with Gasteiger partial charge in [0, 0.05) is 37.2 Å². The number of hydrogen-bond donors (Lipinski definition) is 2. The fourth-order valence-corrected chi connectivity index (χ4v) is 3.72. The minimum Gasteiger partial charge on any atom is -0.365 e. The van der Waals surface area contributed by atoms with E-state index in [-0.39, 0.29) is 17.6 Å². The van der Waals surface area contributed by atoms with Crippen molar-refractivity contribution in [3.05, 3.63) is 47.8 Å². The zero-order chi connectivity index (χ0) is 19.2. The molecule has 2 aromatic rings. The molecule has 1 aromatic carbocycles. The first-order valence-electron chi connectivity index (χ1n) is 8.34. The molecule has 2 N–H and O–H groups in total. The second-order valence-electron chi connectivity index (χ2n) is 6.61. The highest BCUT2D eigenvalue weighted by molar-refractivity contribution is 5.92. The molecular formula is C17H16F3N5O2. The van der Waals surface area contributed by atoms with Gasteiger partial charge in [-0.05, 0) is 30.7 Å². The lowest BCUT2D eigenvalue weighted by Gasteiger charge is -2.35. The van der Waals surface area contributed by atoms with Crippen molar-refractivity contribution in [2.75, 3.05) is 22.9 Å². The van der Waals surface area contributed by atoms with Gasteiger partial charge in [-0.2, -0.15) is 13.2 Å². The summed E-state index contributed by atoms with van der Waals surface area (Å²) in [5.74, 6) is -0.193. The molecule has 0 unspecified atom stereocenters. The van der Waals surface area contributed by atoms with Gasteiger partial charge in [-0.15, -0.1) is 0 Å². The SMILES string of the molecule is O=C(NO)c1cnc(N2C[C@@H]3C[C@@H]2CN3c2ccc(C(F)(F)F)cc2)nc1. The molecule has 2 aliphatic heterocycles. The van der Waals surface area contributed by atoms with Gasteiger partial charge in [0.2, 0.25) is 5.95 Å². The van der Waals surface area contributed by atoms with E-state index in [0.717, 1.165) is 24.2 Å². The highest BCUT2D eigenvalue weighted by Gasteiger charge is 2.44. The molecule has 1 aromatic heterocycles. The van der Waals surface area contributed by atoms with Crippen molar-refractivity contribution in [1.29, 1.82) is 0 Å². The Labute approximate surface area is 152 Å². The predicted molar refractivity (Wildman–Crippen MR) is 89.6 cm³/mol. The van der Waals surface area contributed by atoms with Crippen LogP contribution in [0.2, 0.25) is 0 Å². The maximum absolute atomic E-state index is 12.7. The van der Waals surface area contributed by atoms with E-state index in [0.29, 0.717) is 19.0 Å². The molecule has 3 heterocycles. The van der Waals surface area contributed by atoms with Crippen LogP contribution in [0.5, 0.6) is 0 Å². The molecule has 2 aliphatic rings. The van der Waals surface area contributed by atoms with Gasteiger partial charge in [0.05, 0.1) is 17.2 Å². The van der Waals surface area contributed by atoms with Crippen LogP contribution < -0.4 is 15.3 Å². The molecule has 10 heteroatoms. The zero-order valence-corrected chi connectivity index (χ0v) is 14.0. The first kappa shape index (κ1) is 17.5. The summed E-state index contributed by atoms with van der Waals surface area (Å²) in [6.07, 6.45) is -0.792. The third kappa shape index (κ3) is 3.16. The van der Waals surface area contributed by atoms with Gasteiger partial charge in [-0.1, -0.05) is 0 Å². The number of aromatic nitrogens is 2. The Kier molecular flexibility index (Phi) is 4.14. The van der Waals surface area contributed by atoms with Crippen LogP contribution in [0.25, 0.3) is 0 Å². The van der Waals surface area contributed by atoms with Crippen molar-refractivity contribution in [2.24, 2.45) is 0 Å². The molecule has 0 saturated carbocycles. The van der Waals surface area contributed by atoms with E-state index in [9.17, 15) is 18.0 Å². The molecule has 2 atom stereocenters. The monoisotopic (exact) mass is 379 g/mol. The number of hydrogen-bond acceptors (Lipinski definition) is 6. The number of piperazine rings is 1. The lowest BCUT2D eigenvalue weighted by atomic mass is 10.1. The Hall–Kier alpha value is -2.88. The second kappa shape index (κ2) is 6.38. The Balaban J connectivity index is 1.45. The standard InChI is InChI=1S/C17H16F3N5O2/c18-17(19,20)11-1-3-12(4-2-11)24-8-14-5-13(24)9-25(14)16-21-6-10(7-22-16)15(26)23-27/h1-4,6-7,13-14,27H,5,8-9H2,(H,23,26)/t13-,14+/m0/s1. The van der Waals surface area contributed by atoms with Crippen LogP contribution in [0.15, 0.2) is 36.7 Å². The van der Waals surface area contributed by atoms with Gasteiger partial charge >= 0.3 is 6.18 Å². The largest absolute Gasteiger partial charge is 0.416 e. The van der Waals surface area contributed by atoms with E-state index in [2.05, 4.69) is 14.9 Å². The van der Waals surface area contributed by atoms with Crippen molar-refractivity contribution >= 4 is 17.5 Å². The topological polar surface area (TPSA) is 81.6 Å². The molecule has 0 radical (unpaired) electrons. The first-order valence-corrected chi connectivity index (χ1v) is 8.34. The van der Waals surface area contributed by atoms with Crippen molar-refractivity contribution < 1.29 is 23.2 Å². The third-order valence-electron chi connectivity index (χ3n) is 5.03. The van der Waals surface area contributed by atoms with E-state index in [1.54, 1.807) is 0 Å². The number of nitrogens with one attached hydrogen (secondary N) is 1. The number of amides is 1. The van der Waals surface area contributed by atoms with Gasteiger partial charge in [0.1, 0.15) is 0 Å². The highest BCUT2D eigenvalue weighted by atomic mass is 19.4. The molecule has 2 saturated heterocycles. The van der Waals surface area contributed by atoms with Crippen molar-refractivity contribution in [2.45, 2.75) is 24.7 Å². The number of alkyl halides is 3. The summed E-state index contributed by atoms with van der Waals surface area (Å²) in [4.78, 5) is 23.8. The van der Waals surface area contributed by atoms with E-state index >= 15 is 0 Å². The van der Waals surface area contributed by atoms with Crippen LogP contribution >= 0.6 is 0 Å². The number of benzene rings is 1. The number of rotatable bonds is 3. The highest BCUT2D eigenvalue weighted by Crippen LogP contribution is 2.37. The molecule has 0 spiro atoms. The molecule has 7 nitrogen and oxygen atoms in total. The zero-order valence-electron chi connectivity index (χ0n) is 14.0. The summed E-state index contributed by atoms with van der Waals surface area (Å²) in [6, 6.07) is 5.53. The number of fused-ring (bicyclic) bond motifs is 2. The lowest BCUT2D eigenvalue weighted by molar-refractivity contribution is -0.137. The maximum atomic E-state index is 12.7. The van der Waals surface area contributed by atoms with Gasteiger partial charge in [0.25, 0.3) is 5.91 Å². The van der Waals surface area contributed by atoms with E-state index in [1.807, 2.05) is 4.90 Å². The number of nitrogens with zero attached hydrogens (tertiary/aromatic N) is 4. The number of carbonyl (C=O) groups excluding carboxylic acids is 1. The molecular weight excluding hydrogens is 363 g/mol. The fraction of sp³-hybridized carbons (Fsp3) is 0.353. The second-order valence-corrected chi connectivity index (χ2v) is 6.61. The van der Waals surface area contributed by atoms with Crippen LogP contribution in [0.1, 0.15) is 22.3 Å². The summed E-state index contributed by atoms with van der Waals surface area (Å²) < 4.78 is 38.1.